The number of aromatic nitrogens is 2. The Morgan fingerprint density at radius 3 is 2.70 bits per heavy atom. The van der Waals surface area contributed by atoms with Gasteiger partial charge in [-0.15, -0.1) is 0 Å². The quantitative estimate of drug-likeness (QED) is 0.886. The van der Waals surface area contributed by atoms with E-state index < -0.39 is 9.84 Å². The van der Waals surface area contributed by atoms with Gasteiger partial charge in [0.2, 0.25) is 0 Å². The molecule has 0 aliphatic heterocycles. The predicted octanol–water partition coefficient (Wildman–Crippen LogP) is 2.11. The lowest BCUT2D eigenvalue weighted by Crippen LogP contribution is -2.27. The maximum atomic E-state index is 11.7. The molecule has 1 unspecified atom stereocenters. The van der Waals surface area contributed by atoms with E-state index in [1.54, 1.807) is 17.8 Å². The van der Waals surface area contributed by atoms with Crippen molar-refractivity contribution in [3.05, 3.63) is 42.7 Å². The normalized spacial score (nSPS) is 13.1. The second-order valence-corrected chi connectivity index (χ2v) is 7.11. The number of para-hydroxylation sites is 2. The zero-order valence-electron chi connectivity index (χ0n) is 11.7. The van der Waals surface area contributed by atoms with Gasteiger partial charge in [-0.25, -0.2) is 13.1 Å². The van der Waals surface area contributed by atoms with E-state index in [4.69, 9.17) is 0 Å². The third kappa shape index (κ3) is 3.60. The van der Waals surface area contributed by atoms with Crippen LogP contribution in [-0.2, 0) is 9.84 Å². The van der Waals surface area contributed by atoms with Gasteiger partial charge in [0.15, 0.2) is 9.84 Å². The Kier molecular flexibility index (Phi) is 4.44. The van der Waals surface area contributed by atoms with Crippen molar-refractivity contribution >= 4 is 15.5 Å². The molecule has 0 spiro atoms. The summed E-state index contributed by atoms with van der Waals surface area (Å²) >= 11 is 0. The number of benzene rings is 1. The molecule has 20 heavy (non-hydrogen) atoms. The van der Waals surface area contributed by atoms with E-state index in [2.05, 4.69) is 10.4 Å². The third-order valence-electron chi connectivity index (χ3n) is 3.00. The zero-order valence-corrected chi connectivity index (χ0v) is 12.5. The molecule has 1 N–H and O–H groups in total. The van der Waals surface area contributed by atoms with E-state index in [0.29, 0.717) is 0 Å². The molecule has 108 valence electrons. The van der Waals surface area contributed by atoms with Gasteiger partial charge in [-0.05, 0) is 25.1 Å². The van der Waals surface area contributed by atoms with Gasteiger partial charge in [-0.3, -0.25) is 0 Å². The molecule has 1 atom stereocenters. The Morgan fingerprint density at radius 2 is 2.05 bits per heavy atom. The number of hydrogen-bond acceptors (Lipinski definition) is 4. The summed E-state index contributed by atoms with van der Waals surface area (Å²) in [6, 6.07) is 9.40. The molecule has 1 heterocycles. The summed E-state index contributed by atoms with van der Waals surface area (Å²) in [6.45, 7) is 3.53. The fraction of sp³-hybridized carbons (Fsp3) is 0.357. The van der Waals surface area contributed by atoms with Gasteiger partial charge >= 0.3 is 0 Å². The highest BCUT2D eigenvalue weighted by Gasteiger charge is 2.15. The lowest BCUT2D eigenvalue weighted by Gasteiger charge is -2.17. The number of sulfone groups is 1. The number of anilines is 1. The Balaban J connectivity index is 2.18. The van der Waals surface area contributed by atoms with Crippen LogP contribution in [0, 0.1) is 0 Å². The minimum atomic E-state index is -2.99. The van der Waals surface area contributed by atoms with Crippen LogP contribution in [0.25, 0.3) is 5.69 Å². The summed E-state index contributed by atoms with van der Waals surface area (Å²) in [5, 5.41) is 7.45. The average Bonchev–Trinajstić information content (AvgIpc) is 2.92. The Bertz CT molecular complexity index is 651. The molecule has 0 bridgehead atoms. The molecule has 0 saturated heterocycles. The summed E-state index contributed by atoms with van der Waals surface area (Å²) in [5.41, 5.74) is 1.77. The first-order chi connectivity index (χ1) is 9.52. The number of rotatable bonds is 6. The lowest BCUT2D eigenvalue weighted by atomic mass is 10.2. The van der Waals surface area contributed by atoms with Crippen molar-refractivity contribution in [3.8, 4) is 5.69 Å². The van der Waals surface area contributed by atoms with Crippen molar-refractivity contribution in [2.45, 2.75) is 19.9 Å². The second kappa shape index (κ2) is 6.09. The summed E-state index contributed by atoms with van der Waals surface area (Å²) in [7, 11) is -2.99. The van der Waals surface area contributed by atoms with Crippen LogP contribution in [0.2, 0.25) is 0 Å². The second-order valence-electron chi connectivity index (χ2n) is 4.71. The topological polar surface area (TPSA) is 64.0 Å². The van der Waals surface area contributed by atoms with E-state index in [0.717, 1.165) is 11.4 Å². The van der Waals surface area contributed by atoms with Gasteiger partial charge in [0.25, 0.3) is 0 Å². The minimum absolute atomic E-state index is 0.122. The summed E-state index contributed by atoms with van der Waals surface area (Å²) in [4.78, 5) is 0. The van der Waals surface area contributed by atoms with E-state index in [-0.39, 0.29) is 17.5 Å². The van der Waals surface area contributed by atoms with Crippen molar-refractivity contribution in [2.75, 3.05) is 16.8 Å². The van der Waals surface area contributed by atoms with Gasteiger partial charge in [0.05, 0.1) is 17.1 Å². The Morgan fingerprint density at radius 1 is 1.30 bits per heavy atom. The van der Waals surface area contributed by atoms with Crippen molar-refractivity contribution < 1.29 is 8.42 Å². The molecule has 2 aromatic rings. The maximum absolute atomic E-state index is 11.7. The number of hydrogen-bond donors (Lipinski definition) is 1. The molecule has 0 radical (unpaired) electrons. The smallest absolute Gasteiger partial charge is 0.152 e. The predicted molar refractivity (Wildman–Crippen MR) is 81.0 cm³/mol. The van der Waals surface area contributed by atoms with Crippen LogP contribution in [0.3, 0.4) is 0 Å². The van der Waals surface area contributed by atoms with Crippen LogP contribution >= 0.6 is 0 Å². The van der Waals surface area contributed by atoms with E-state index in [9.17, 15) is 8.42 Å². The van der Waals surface area contributed by atoms with Gasteiger partial charge in [0, 0.05) is 24.2 Å². The third-order valence-corrected chi connectivity index (χ3v) is 4.89. The molecule has 2 rings (SSSR count). The van der Waals surface area contributed by atoms with Crippen molar-refractivity contribution in [2.24, 2.45) is 0 Å². The van der Waals surface area contributed by atoms with E-state index in [1.807, 2.05) is 43.5 Å². The van der Waals surface area contributed by atoms with Crippen LogP contribution in [0.5, 0.6) is 0 Å². The van der Waals surface area contributed by atoms with Gasteiger partial charge < -0.3 is 5.32 Å². The molecule has 6 heteroatoms. The molecule has 0 saturated carbocycles. The zero-order chi connectivity index (χ0) is 14.6. The molecule has 0 aliphatic carbocycles. The van der Waals surface area contributed by atoms with Crippen molar-refractivity contribution in [1.29, 1.82) is 0 Å². The van der Waals surface area contributed by atoms with E-state index in [1.165, 1.54) is 0 Å². The number of nitrogens with one attached hydrogen (secondary N) is 1. The highest BCUT2D eigenvalue weighted by atomic mass is 32.2. The molecular weight excluding hydrogens is 274 g/mol. The highest BCUT2D eigenvalue weighted by Crippen LogP contribution is 2.20. The molecule has 0 fully saturated rings. The van der Waals surface area contributed by atoms with Crippen molar-refractivity contribution in [3.63, 3.8) is 0 Å². The molecule has 1 aromatic heterocycles. The molecule has 0 aliphatic rings. The summed E-state index contributed by atoms with van der Waals surface area (Å²) < 4.78 is 25.1. The SMILES string of the molecule is CCS(=O)(=O)CC(C)Nc1ccccc1-n1cccn1. The first kappa shape index (κ1) is 14.6. The van der Waals surface area contributed by atoms with Crippen LogP contribution < -0.4 is 5.32 Å². The van der Waals surface area contributed by atoms with Crippen LogP contribution in [-0.4, -0.2) is 35.7 Å². The fourth-order valence-corrected chi connectivity index (χ4v) is 3.09. The van der Waals surface area contributed by atoms with Crippen LogP contribution in [0.15, 0.2) is 42.7 Å². The lowest BCUT2D eigenvalue weighted by molar-refractivity contribution is 0.593. The minimum Gasteiger partial charge on any atom is -0.380 e. The average molecular weight is 293 g/mol. The maximum Gasteiger partial charge on any atom is 0.152 e. The van der Waals surface area contributed by atoms with Gasteiger partial charge in [0.1, 0.15) is 0 Å². The first-order valence-electron chi connectivity index (χ1n) is 6.58. The summed E-state index contributed by atoms with van der Waals surface area (Å²) in [6.07, 6.45) is 3.57. The van der Waals surface area contributed by atoms with Crippen molar-refractivity contribution in [1.82, 2.24) is 9.78 Å². The fourth-order valence-electron chi connectivity index (χ4n) is 2.01. The van der Waals surface area contributed by atoms with Gasteiger partial charge in [-0.1, -0.05) is 19.1 Å². The van der Waals surface area contributed by atoms with E-state index >= 15 is 0 Å². The number of nitrogens with zero attached hydrogens (tertiary/aromatic N) is 2. The Hall–Kier alpha value is -1.82. The highest BCUT2D eigenvalue weighted by molar-refractivity contribution is 7.91. The Labute approximate surface area is 119 Å². The van der Waals surface area contributed by atoms with Crippen LogP contribution in [0.1, 0.15) is 13.8 Å². The standard InChI is InChI=1S/C14H19N3O2S/c1-3-20(18,19)11-12(2)16-13-7-4-5-8-14(13)17-10-6-9-15-17/h4-10,12,16H,3,11H2,1-2H3. The summed E-state index contributed by atoms with van der Waals surface area (Å²) in [5.74, 6) is 0.288. The molecule has 1 aromatic carbocycles. The van der Waals surface area contributed by atoms with Crippen LogP contribution in [0.4, 0.5) is 5.69 Å². The first-order valence-corrected chi connectivity index (χ1v) is 8.40. The largest absolute Gasteiger partial charge is 0.380 e. The molecule has 5 nitrogen and oxygen atoms in total. The monoisotopic (exact) mass is 293 g/mol. The molecule has 0 amide bonds. The van der Waals surface area contributed by atoms with Gasteiger partial charge in [-0.2, -0.15) is 5.10 Å². The molecular formula is C14H19N3O2S.